The highest BCUT2D eigenvalue weighted by molar-refractivity contribution is 5.91. The van der Waals surface area contributed by atoms with Gasteiger partial charge in [0.2, 0.25) is 0 Å². The van der Waals surface area contributed by atoms with Gasteiger partial charge in [-0.25, -0.2) is 28.8 Å². The van der Waals surface area contributed by atoms with Crippen LogP contribution in [0, 0.1) is 29.6 Å². The summed E-state index contributed by atoms with van der Waals surface area (Å²) in [4.78, 5) is 84.6. The third-order valence-electron chi connectivity index (χ3n) is 18.6. The van der Waals surface area contributed by atoms with Gasteiger partial charge in [-0.3, -0.25) is 0 Å². The summed E-state index contributed by atoms with van der Waals surface area (Å²) in [6, 6.07) is 60.6. The molecule has 0 radical (unpaired) electrons. The van der Waals surface area contributed by atoms with Crippen molar-refractivity contribution in [2.45, 2.75) is 147 Å². The van der Waals surface area contributed by atoms with E-state index in [1.54, 1.807) is 125 Å². The van der Waals surface area contributed by atoms with Crippen LogP contribution in [0.1, 0.15) is 92.7 Å². The molecule has 0 aliphatic carbocycles. The highest BCUT2D eigenvalue weighted by Gasteiger charge is 2.58. The lowest BCUT2D eigenvalue weighted by molar-refractivity contribution is -0.373. The number of carbonyl (C=O) groups excluding carboxylic acids is 4. The minimum atomic E-state index is -1.87. The van der Waals surface area contributed by atoms with Gasteiger partial charge in [-0.05, 0) is 71.1 Å². The zero-order valence-corrected chi connectivity index (χ0v) is 55.8. The average Bonchev–Trinajstić information content (AvgIpc) is 0.766. The Morgan fingerprint density at radius 2 is 0.600 bits per heavy atom. The summed E-state index contributed by atoms with van der Waals surface area (Å²) >= 11 is 0. The predicted octanol–water partition coefficient (Wildman–Crippen LogP) is 10.9. The van der Waals surface area contributed by atoms with Gasteiger partial charge in [-0.1, -0.05) is 198 Å². The lowest BCUT2D eigenvalue weighted by Gasteiger charge is -2.51. The normalized spacial score (nSPS) is 29.6. The number of carboxylic acid groups (broad SMARTS) is 2. The van der Waals surface area contributed by atoms with Crippen molar-refractivity contribution in [1.82, 2.24) is 0 Å². The van der Waals surface area contributed by atoms with Crippen LogP contribution in [0.5, 0.6) is 0 Å². The maximum atomic E-state index is 14.8. The van der Waals surface area contributed by atoms with Gasteiger partial charge in [-0.2, -0.15) is 0 Å². The van der Waals surface area contributed by atoms with E-state index in [0.29, 0.717) is 0 Å². The first-order valence-electron chi connectivity index (χ1n) is 33.5. The first-order valence-corrected chi connectivity index (χ1v) is 33.5. The number of rotatable bonds is 27. The molecule has 2 N–H and O–H groups in total. The Bertz CT molecular complexity index is 3760. The van der Waals surface area contributed by atoms with E-state index in [-0.39, 0.29) is 55.3 Å². The van der Waals surface area contributed by atoms with Crippen LogP contribution in [0.4, 0.5) is 0 Å². The molecule has 0 amide bonds. The molecule has 22 nitrogen and oxygen atoms in total. The molecule has 22 heteroatoms. The number of hydrogen-bond donors (Lipinski definition) is 2. The molecule has 20 atom stereocenters. The number of carboxylic acids is 2. The molecule has 0 aromatic heterocycles. The first kappa shape index (κ1) is 72.2. The second-order valence-corrected chi connectivity index (χ2v) is 25.5. The molecule has 7 aromatic carbocycles. The van der Waals surface area contributed by atoms with Crippen LogP contribution in [-0.2, 0) is 95.7 Å². The molecule has 4 aliphatic heterocycles. The molecule has 4 aliphatic rings. The minimum Gasteiger partial charge on any atom is -0.479 e. The fraction of sp³-hybridized carbons (Fsp3) is 0.385. The SMILES string of the molecule is CC1C(C(=O)O)OC(OC2C(COCc3ccccc3)OC(OC3C(C)C(C(=O)O)OC(OC4C(COCc5ccccc5)OC(OCc5ccccc5)C(OC(=O)c5ccccc5)C4C)C3OC(=O)c3ccccc3)C(OC(=O)c3ccccc3)C2C)C(OC(=O)c2ccccc2)C1C. The number of ether oxygens (including phenoxy) is 14. The lowest BCUT2D eigenvalue weighted by atomic mass is 9.83. The summed E-state index contributed by atoms with van der Waals surface area (Å²) in [5.74, 6) is -10.6. The van der Waals surface area contributed by atoms with Gasteiger partial charge in [0.15, 0.2) is 61.8 Å². The van der Waals surface area contributed by atoms with E-state index in [1.165, 1.54) is 31.2 Å². The second kappa shape index (κ2) is 34.4. The van der Waals surface area contributed by atoms with Crippen molar-refractivity contribution < 1.29 is 105 Å². The van der Waals surface area contributed by atoms with Crippen LogP contribution in [-0.4, -0.2) is 152 Å². The van der Waals surface area contributed by atoms with Crippen molar-refractivity contribution in [3.63, 3.8) is 0 Å². The summed E-state index contributed by atoms with van der Waals surface area (Å²) in [5.41, 5.74) is 3.05. The Morgan fingerprint density at radius 1 is 0.310 bits per heavy atom. The summed E-state index contributed by atoms with van der Waals surface area (Å²) in [6.45, 7) is 8.09. The smallest absolute Gasteiger partial charge is 0.338 e. The van der Waals surface area contributed by atoms with E-state index in [9.17, 15) is 39.0 Å². The molecule has 20 unspecified atom stereocenters. The molecule has 4 fully saturated rings. The Kier molecular flexibility index (Phi) is 24.8. The van der Waals surface area contributed by atoms with E-state index in [2.05, 4.69) is 0 Å². The monoisotopic (exact) mass is 1370 g/mol. The highest BCUT2D eigenvalue weighted by Crippen LogP contribution is 2.43. The maximum Gasteiger partial charge on any atom is 0.338 e. The van der Waals surface area contributed by atoms with Gasteiger partial charge in [0.25, 0.3) is 0 Å². The number of aliphatic carboxylic acids is 2. The van der Waals surface area contributed by atoms with Gasteiger partial charge >= 0.3 is 35.8 Å². The summed E-state index contributed by atoms with van der Waals surface area (Å²) < 4.78 is 93.0. The van der Waals surface area contributed by atoms with E-state index in [0.717, 1.165) is 16.7 Å². The Hall–Kier alpha value is -9.04. The molecular formula is C78H82O22. The molecule has 0 spiro atoms. The third kappa shape index (κ3) is 17.9. The molecule has 526 valence electrons. The summed E-state index contributed by atoms with van der Waals surface area (Å²) in [6.07, 6.45) is -21.9. The Balaban J connectivity index is 0.986. The number of esters is 4. The number of hydrogen-bond acceptors (Lipinski definition) is 20. The van der Waals surface area contributed by atoms with Gasteiger partial charge < -0.3 is 76.5 Å². The third-order valence-corrected chi connectivity index (χ3v) is 18.6. The van der Waals surface area contributed by atoms with Crippen LogP contribution < -0.4 is 0 Å². The van der Waals surface area contributed by atoms with Crippen molar-refractivity contribution >= 4 is 35.8 Å². The van der Waals surface area contributed by atoms with Gasteiger partial charge in [0.1, 0.15) is 18.3 Å². The van der Waals surface area contributed by atoms with E-state index < -0.39 is 158 Å². The van der Waals surface area contributed by atoms with Gasteiger partial charge in [0.05, 0.1) is 67.5 Å². The zero-order chi connectivity index (χ0) is 70.2. The van der Waals surface area contributed by atoms with Crippen molar-refractivity contribution in [2.75, 3.05) is 13.2 Å². The standard InChI is InChI=1S/C78H82O22/c1-46-47(2)65(92-71(83)54-33-19-9-20-34-54)77(99-63(46)69(79)80)96-61-49(4)67(94-73(85)56-37-23-11-24-38-56)76(91-59(61)45-88-42-52-29-15-7-16-30-52)98-62-50(5)64(70(81)82)100-78(68(62)95-74(86)57-39-25-12-26-40-57)97-60-48(3)66(93-72(84)55-35-21-10-22-36-55)75(89-43-53-31-17-8-18-32-53)90-58(60)44-87-41-51-27-13-6-14-28-51/h6-40,46-50,58-68,75-78H,41-45H2,1-5H3,(H,79,80)(H,81,82). The van der Waals surface area contributed by atoms with Crippen LogP contribution in [0.2, 0.25) is 0 Å². The molecule has 0 bridgehead atoms. The molecule has 11 rings (SSSR count). The van der Waals surface area contributed by atoms with E-state index in [1.807, 2.05) is 91.0 Å². The molecule has 4 saturated heterocycles. The minimum absolute atomic E-state index is 0.0281. The zero-order valence-electron chi connectivity index (χ0n) is 55.8. The molecule has 100 heavy (non-hydrogen) atoms. The van der Waals surface area contributed by atoms with Crippen LogP contribution in [0.25, 0.3) is 0 Å². The van der Waals surface area contributed by atoms with Crippen LogP contribution in [0.3, 0.4) is 0 Å². The maximum absolute atomic E-state index is 14.8. The quantitative estimate of drug-likeness (QED) is 0.0358. The topological polar surface area (TPSA) is 272 Å². The number of benzene rings is 7. The molecule has 0 saturated carbocycles. The van der Waals surface area contributed by atoms with Crippen LogP contribution in [0.15, 0.2) is 212 Å². The molecule has 4 heterocycles. The van der Waals surface area contributed by atoms with Crippen LogP contribution >= 0.6 is 0 Å². The van der Waals surface area contributed by atoms with Crippen molar-refractivity contribution in [2.24, 2.45) is 29.6 Å². The van der Waals surface area contributed by atoms with Crippen molar-refractivity contribution in [3.8, 4) is 0 Å². The lowest BCUT2D eigenvalue weighted by Crippen LogP contribution is -2.65. The largest absolute Gasteiger partial charge is 0.479 e. The second-order valence-electron chi connectivity index (χ2n) is 25.5. The highest BCUT2D eigenvalue weighted by atomic mass is 16.8. The van der Waals surface area contributed by atoms with Crippen molar-refractivity contribution in [1.29, 1.82) is 0 Å². The number of carbonyl (C=O) groups is 6. The Morgan fingerprint density at radius 3 is 0.980 bits per heavy atom. The van der Waals surface area contributed by atoms with Gasteiger partial charge in [0, 0.05) is 23.7 Å². The first-order chi connectivity index (χ1) is 48.5. The van der Waals surface area contributed by atoms with Crippen molar-refractivity contribution in [3.05, 3.63) is 251 Å². The average molecular weight is 1370 g/mol. The van der Waals surface area contributed by atoms with Gasteiger partial charge in [-0.15, -0.1) is 0 Å². The van der Waals surface area contributed by atoms with E-state index >= 15 is 0 Å². The summed E-state index contributed by atoms with van der Waals surface area (Å²) in [7, 11) is 0. The fourth-order valence-electron chi connectivity index (χ4n) is 12.9. The predicted molar refractivity (Wildman–Crippen MR) is 356 cm³/mol. The summed E-state index contributed by atoms with van der Waals surface area (Å²) in [5, 5.41) is 21.9. The van der Waals surface area contributed by atoms with E-state index in [4.69, 9.17) is 66.3 Å². The molecular weight excluding hydrogens is 1290 g/mol. The molecule has 7 aromatic rings. The fourth-order valence-corrected chi connectivity index (χ4v) is 12.9. The Labute approximate surface area is 579 Å².